The Hall–Kier alpha value is -1.02. The van der Waals surface area contributed by atoms with Crippen LogP contribution in [-0.2, 0) is 6.54 Å². The lowest BCUT2D eigenvalue weighted by Gasteiger charge is -2.06. The predicted molar refractivity (Wildman–Crippen MR) is 64.5 cm³/mol. The Balaban J connectivity index is 2.51. The number of imidazole rings is 1. The van der Waals surface area contributed by atoms with Gasteiger partial charge >= 0.3 is 0 Å². The second kappa shape index (κ2) is 4.23. The molecule has 2 rings (SSSR count). The highest BCUT2D eigenvalue weighted by Crippen LogP contribution is 2.20. The largest absolute Gasteiger partial charge is 0.330 e. The van der Waals surface area contributed by atoms with E-state index in [0.29, 0.717) is 5.88 Å². The highest BCUT2D eigenvalue weighted by Gasteiger charge is 2.06. The standard InChI is InChI=1S/C12H15ClN2/c1-9-4-5-11-12(10(9)2)15(8-14-11)7-3-6-13/h4-5,8H,3,6-7H2,1-2H3. The van der Waals surface area contributed by atoms with Gasteiger partial charge in [-0.25, -0.2) is 4.98 Å². The number of rotatable bonds is 3. The van der Waals surface area contributed by atoms with E-state index in [4.69, 9.17) is 11.6 Å². The van der Waals surface area contributed by atoms with Crippen LogP contribution < -0.4 is 0 Å². The molecule has 1 heterocycles. The van der Waals surface area contributed by atoms with Crippen LogP contribution in [0.4, 0.5) is 0 Å². The lowest BCUT2D eigenvalue weighted by Crippen LogP contribution is -1.98. The van der Waals surface area contributed by atoms with Crippen LogP contribution in [-0.4, -0.2) is 15.4 Å². The van der Waals surface area contributed by atoms with Crippen molar-refractivity contribution in [2.45, 2.75) is 26.8 Å². The molecular weight excluding hydrogens is 208 g/mol. The van der Waals surface area contributed by atoms with Gasteiger partial charge in [-0.2, -0.15) is 0 Å². The fraction of sp³-hybridized carbons (Fsp3) is 0.417. The maximum absolute atomic E-state index is 5.71. The van der Waals surface area contributed by atoms with Gasteiger partial charge in [0.1, 0.15) is 0 Å². The van der Waals surface area contributed by atoms with Gasteiger partial charge in [0.25, 0.3) is 0 Å². The van der Waals surface area contributed by atoms with E-state index in [1.54, 1.807) is 0 Å². The first-order valence-corrected chi connectivity index (χ1v) is 5.74. The van der Waals surface area contributed by atoms with Crippen LogP contribution in [0.15, 0.2) is 18.5 Å². The van der Waals surface area contributed by atoms with Crippen molar-refractivity contribution in [2.75, 3.05) is 5.88 Å². The van der Waals surface area contributed by atoms with E-state index in [-0.39, 0.29) is 0 Å². The van der Waals surface area contributed by atoms with Crippen molar-refractivity contribution in [3.05, 3.63) is 29.6 Å². The molecule has 0 bridgehead atoms. The Morgan fingerprint density at radius 2 is 2.13 bits per heavy atom. The van der Waals surface area contributed by atoms with Gasteiger partial charge in [0.05, 0.1) is 17.4 Å². The van der Waals surface area contributed by atoms with Gasteiger partial charge in [0, 0.05) is 12.4 Å². The topological polar surface area (TPSA) is 17.8 Å². The van der Waals surface area contributed by atoms with Crippen molar-refractivity contribution in [3.63, 3.8) is 0 Å². The normalized spacial score (nSPS) is 11.1. The molecule has 15 heavy (non-hydrogen) atoms. The van der Waals surface area contributed by atoms with Crippen molar-refractivity contribution >= 4 is 22.6 Å². The first-order chi connectivity index (χ1) is 7.24. The molecule has 0 fully saturated rings. The molecule has 3 heteroatoms. The molecule has 2 nitrogen and oxygen atoms in total. The third-order valence-corrected chi connectivity index (χ3v) is 3.10. The quantitative estimate of drug-likeness (QED) is 0.729. The van der Waals surface area contributed by atoms with E-state index in [0.717, 1.165) is 18.5 Å². The van der Waals surface area contributed by atoms with Gasteiger partial charge < -0.3 is 4.57 Å². The Kier molecular flexibility index (Phi) is 2.96. The van der Waals surface area contributed by atoms with E-state index >= 15 is 0 Å². The van der Waals surface area contributed by atoms with Crippen LogP contribution in [0.3, 0.4) is 0 Å². The van der Waals surface area contributed by atoms with Crippen LogP contribution in [0, 0.1) is 13.8 Å². The molecule has 0 aliphatic rings. The molecule has 0 atom stereocenters. The molecule has 0 saturated heterocycles. The lowest BCUT2D eigenvalue weighted by molar-refractivity contribution is 0.699. The van der Waals surface area contributed by atoms with Crippen molar-refractivity contribution in [3.8, 4) is 0 Å². The average Bonchev–Trinajstić information content (AvgIpc) is 2.64. The second-order valence-corrected chi connectivity index (χ2v) is 4.23. The predicted octanol–water partition coefficient (Wildman–Crippen LogP) is 3.28. The van der Waals surface area contributed by atoms with Gasteiger partial charge in [-0.15, -0.1) is 11.6 Å². The van der Waals surface area contributed by atoms with Crippen molar-refractivity contribution < 1.29 is 0 Å². The first-order valence-electron chi connectivity index (χ1n) is 5.21. The summed E-state index contributed by atoms with van der Waals surface area (Å²) in [5.74, 6) is 0.699. The number of fused-ring (bicyclic) bond motifs is 1. The molecule has 0 saturated carbocycles. The number of aromatic nitrogens is 2. The summed E-state index contributed by atoms with van der Waals surface area (Å²) in [4.78, 5) is 4.39. The maximum Gasteiger partial charge on any atom is 0.0958 e. The Labute approximate surface area is 94.9 Å². The molecule has 0 unspecified atom stereocenters. The van der Waals surface area contributed by atoms with E-state index in [1.807, 2.05) is 6.33 Å². The molecule has 0 N–H and O–H groups in total. The number of hydrogen-bond acceptors (Lipinski definition) is 1. The zero-order valence-electron chi connectivity index (χ0n) is 9.13. The SMILES string of the molecule is Cc1ccc2ncn(CCCCl)c2c1C. The molecule has 1 aromatic carbocycles. The number of halogens is 1. The summed E-state index contributed by atoms with van der Waals surface area (Å²) in [6, 6.07) is 4.20. The third kappa shape index (κ3) is 1.86. The monoisotopic (exact) mass is 222 g/mol. The van der Waals surface area contributed by atoms with E-state index in [1.165, 1.54) is 16.6 Å². The number of alkyl halides is 1. The minimum Gasteiger partial charge on any atom is -0.330 e. The van der Waals surface area contributed by atoms with Gasteiger partial charge in [-0.05, 0) is 37.5 Å². The zero-order chi connectivity index (χ0) is 10.8. The highest BCUT2D eigenvalue weighted by atomic mass is 35.5. The molecule has 1 aromatic heterocycles. The molecule has 0 radical (unpaired) electrons. The summed E-state index contributed by atoms with van der Waals surface area (Å²) in [5.41, 5.74) is 4.96. The van der Waals surface area contributed by atoms with Crippen LogP contribution in [0.1, 0.15) is 17.5 Å². The summed E-state index contributed by atoms with van der Waals surface area (Å²) >= 11 is 5.71. The second-order valence-electron chi connectivity index (χ2n) is 3.86. The Morgan fingerprint density at radius 1 is 1.33 bits per heavy atom. The number of benzene rings is 1. The summed E-state index contributed by atoms with van der Waals surface area (Å²) in [6.45, 7) is 5.23. The first kappa shape index (κ1) is 10.5. The minimum atomic E-state index is 0.699. The average molecular weight is 223 g/mol. The van der Waals surface area contributed by atoms with Crippen LogP contribution in [0.25, 0.3) is 11.0 Å². The molecule has 0 amide bonds. The van der Waals surface area contributed by atoms with E-state index in [2.05, 4.69) is 35.5 Å². The van der Waals surface area contributed by atoms with Crippen molar-refractivity contribution in [2.24, 2.45) is 0 Å². The molecular formula is C12H15ClN2. The van der Waals surface area contributed by atoms with Gasteiger partial charge in [-0.1, -0.05) is 6.07 Å². The molecule has 2 aromatic rings. The molecule has 0 aliphatic carbocycles. The smallest absolute Gasteiger partial charge is 0.0958 e. The zero-order valence-corrected chi connectivity index (χ0v) is 9.88. The van der Waals surface area contributed by atoms with Gasteiger partial charge in [0.15, 0.2) is 0 Å². The Morgan fingerprint density at radius 3 is 2.87 bits per heavy atom. The fourth-order valence-corrected chi connectivity index (χ4v) is 1.96. The van der Waals surface area contributed by atoms with Gasteiger partial charge in [0.2, 0.25) is 0 Å². The number of aryl methyl sites for hydroxylation is 3. The fourth-order valence-electron chi connectivity index (χ4n) is 1.84. The molecule has 0 spiro atoms. The third-order valence-electron chi connectivity index (χ3n) is 2.84. The summed E-state index contributed by atoms with van der Waals surface area (Å²) in [5, 5.41) is 0. The summed E-state index contributed by atoms with van der Waals surface area (Å²) in [7, 11) is 0. The number of hydrogen-bond donors (Lipinski definition) is 0. The van der Waals surface area contributed by atoms with Crippen molar-refractivity contribution in [1.29, 1.82) is 0 Å². The van der Waals surface area contributed by atoms with E-state index in [9.17, 15) is 0 Å². The molecule has 0 aliphatic heterocycles. The lowest BCUT2D eigenvalue weighted by atomic mass is 10.1. The highest BCUT2D eigenvalue weighted by molar-refractivity contribution is 6.17. The molecule has 80 valence electrons. The van der Waals surface area contributed by atoms with E-state index < -0.39 is 0 Å². The van der Waals surface area contributed by atoms with Crippen LogP contribution in [0.5, 0.6) is 0 Å². The summed E-state index contributed by atoms with van der Waals surface area (Å²) < 4.78 is 2.19. The minimum absolute atomic E-state index is 0.699. The maximum atomic E-state index is 5.71. The van der Waals surface area contributed by atoms with Crippen molar-refractivity contribution in [1.82, 2.24) is 9.55 Å². The summed E-state index contributed by atoms with van der Waals surface area (Å²) in [6.07, 6.45) is 2.89. The van der Waals surface area contributed by atoms with Gasteiger partial charge in [-0.3, -0.25) is 0 Å². The van der Waals surface area contributed by atoms with Crippen LogP contribution in [0.2, 0.25) is 0 Å². The van der Waals surface area contributed by atoms with Crippen LogP contribution >= 0.6 is 11.6 Å². The number of nitrogens with zero attached hydrogens (tertiary/aromatic N) is 2. The Bertz CT molecular complexity index is 474.